The first-order valence-corrected chi connectivity index (χ1v) is 12.2. The predicted octanol–water partition coefficient (Wildman–Crippen LogP) is 4.53. The summed E-state index contributed by atoms with van der Waals surface area (Å²) >= 11 is 18.1. The standard InChI is InChI=1S/C20H23Cl3N2O4S/c1-30(27,28)25(19-13-17(22)16(21)12-18(19)23)10-5-8-20(26)24-9-11-29-14-15-6-3-2-4-7-15/h2-4,6-7,12-13H,5,8-11,14H2,1H3,(H,24,26). The Morgan fingerprint density at radius 1 is 1.07 bits per heavy atom. The number of carbonyl (C=O) groups is 1. The van der Waals surface area contributed by atoms with Crippen LogP contribution in [0.5, 0.6) is 0 Å². The van der Waals surface area contributed by atoms with E-state index in [1.807, 2.05) is 30.3 Å². The molecule has 1 amide bonds. The highest BCUT2D eigenvalue weighted by Crippen LogP contribution is 2.35. The largest absolute Gasteiger partial charge is 0.375 e. The van der Waals surface area contributed by atoms with E-state index in [2.05, 4.69) is 5.32 Å². The Labute approximate surface area is 192 Å². The van der Waals surface area contributed by atoms with Crippen molar-refractivity contribution < 1.29 is 17.9 Å². The van der Waals surface area contributed by atoms with Crippen LogP contribution in [0.3, 0.4) is 0 Å². The lowest BCUT2D eigenvalue weighted by Gasteiger charge is -2.24. The summed E-state index contributed by atoms with van der Waals surface area (Å²) in [7, 11) is -3.62. The van der Waals surface area contributed by atoms with Crippen molar-refractivity contribution >= 4 is 56.4 Å². The van der Waals surface area contributed by atoms with Gasteiger partial charge in [-0.1, -0.05) is 65.1 Å². The average Bonchev–Trinajstić information content (AvgIpc) is 2.68. The molecule has 2 rings (SSSR count). The molecular formula is C20H23Cl3N2O4S. The molecule has 0 saturated carbocycles. The number of amides is 1. The Morgan fingerprint density at radius 3 is 2.40 bits per heavy atom. The van der Waals surface area contributed by atoms with Gasteiger partial charge in [-0.15, -0.1) is 0 Å². The topological polar surface area (TPSA) is 75.7 Å². The molecule has 0 radical (unpaired) electrons. The van der Waals surface area contributed by atoms with Crippen LogP contribution in [0.25, 0.3) is 0 Å². The molecule has 164 valence electrons. The quantitative estimate of drug-likeness (QED) is 0.369. The normalized spacial score (nSPS) is 11.3. The van der Waals surface area contributed by atoms with Crippen LogP contribution in [0, 0.1) is 0 Å². The Hall–Kier alpha value is -1.51. The third kappa shape index (κ3) is 7.96. The van der Waals surface area contributed by atoms with E-state index >= 15 is 0 Å². The van der Waals surface area contributed by atoms with Crippen molar-refractivity contribution in [3.63, 3.8) is 0 Å². The molecule has 1 N–H and O–H groups in total. The molecule has 0 heterocycles. The molecule has 30 heavy (non-hydrogen) atoms. The first kappa shape index (κ1) is 24.8. The number of ether oxygens (including phenoxy) is 1. The van der Waals surface area contributed by atoms with Gasteiger partial charge in [0.1, 0.15) is 0 Å². The molecule has 0 aliphatic rings. The Bertz CT molecular complexity index is 956. The first-order chi connectivity index (χ1) is 14.2. The van der Waals surface area contributed by atoms with E-state index in [1.165, 1.54) is 12.1 Å². The van der Waals surface area contributed by atoms with E-state index in [0.29, 0.717) is 26.2 Å². The van der Waals surface area contributed by atoms with Crippen LogP contribution >= 0.6 is 34.8 Å². The molecule has 10 heteroatoms. The van der Waals surface area contributed by atoms with Gasteiger partial charge in [0.25, 0.3) is 0 Å². The van der Waals surface area contributed by atoms with Crippen molar-refractivity contribution in [1.82, 2.24) is 5.32 Å². The summed E-state index contributed by atoms with van der Waals surface area (Å²) in [5.74, 6) is -0.188. The van der Waals surface area contributed by atoms with E-state index in [9.17, 15) is 13.2 Å². The van der Waals surface area contributed by atoms with E-state index in [4.69, 9.17) is 39.5 Å². The average molecular weight is 494 g/mol. The zero-order valence-electron chi connectivity index (χ0n) is 16.4. The number of nitrogens with one attached hydrogen (secondary N) is 1. The van der Waals surface area contributed by atoms with Crippen molar-refractivity contribution in [2.75, 3.05) is 30.3 Å². The lowest BCUT2D eigenvalue weighted by Crippen LogP contribution is -2.33. The van der Waals surface area contributed by atoms with E-state index < -0.39 is 10.0 Å². The van der Waals surface area contributed by atoms with Gasteiger partial charge in [0.05, 0.1) is 40.2 Å². The minimum Gasteiger partial charge on any atom is -0.375 e. The van der Waals surface area contributed by atoms with Gasteiger partial charge in [-0.2, -0.15) is 0 Å². The fourth-order valence-corrected chi connectivity index (χ4v) is 4.33. The minimum atomic E-state index is -3.62. The summed E-state index contributed by atoms with van der Waals surface area (Å²) < 4.78 is 31.0. The molecule has 0 atom stereocenters. The van der Waals surface area contributed by atoms with Crippen molar-refractivity contribution in [3.05, 3.63) is 63.1 Å². The minimum absolute atomic E-state index is 0.0778. The Kier molecular flexibility index (Phi) is 9.71. The van der Waals surface area contributed by atoms with Gasteiger partial charge in [0.15, 0.2) is 0 Å². The number of halogens is 3. The second kappa shape index (κ2) is 11.8. The van der Waals surface area contributed by atoms with Crippen LogP contribution in [0.2, 0.25) is 15.1 Å². The van der Waals surface area contributed by atoms with Crippen LogP contribution in [-0.4, -0.2) is 40.3 Å². The molecule has 6 nitrogen and oxygen atoms in total. The van der Waals surface area contributed by atoms with E-state index in [1.54, 1.807) is 0 Å². The van der Waals surface area contributed by atoms with Gasteiger partial charge >= 0.3 is 0 Å². The third-order valence-corrected chi connectivity index (χ3v) is 6.31. The molecule has 0 aromatic heterocycles. The molecule has 0 aliphatic heterocycles. The van der Waals surface area contributed by atoms with Gasteiger partial charge in [0, 0.05) is 19.5 Å². The molecule has 0 bridgehead atoms. The van der Waals surface area contributed by atoms with Gasteiger partial charge in [-0.25, -0.2) is 8.42 Å². The third-order valence-electron chi connectivity index (χ3n) is 4.10. The molecule has 2 aromatic carbocycles. The van der Waals surface area contributed by atoms with E-state index in [0.717, 1.165) is 16.1 Å². The number of hydrogen-bond acceptors (Lipinski definition) is 4. The van der Waals surface area contributed by atoms with Gasteiger partial charge in [-0.05, 0) is 24.1 Å². The van der Waals surface area contributed by atoms with Crippen molar-refractivity contribution in [1.29, 1.82) is 0 Å². The molecule has 0 fully saturated rings. The first-order valence-electron chi connectivity index (χ1n) is 9.19. The SMILES string of the molecule is CS(=O)(=O)N(CCCC(=O)NCCOCc1ccccc1)c1cc(Cl)c(Cl)cc1Cl. The maximum Gasteiger partial charge on any atom is 0.232 e. The van der Waals surface area contributed by atoms with Gasteiger partial charge in [0.2, 0.25) is 15.9 Å². The highest BCUT2D eigenvalue weighted by molar-refractivity contribution is 7.92. The zero-order chi connectivity index (χ0) is 22.1. The monoisotopic (exact) mass is 492 g/mol. The number of rotatable bonds is 11. The van der Waals surface area contributed by atoms with Crippen molar-refractivity contribution in [2.45, 2.75) is 19.4 Å². The number of sulfonamides is 1. The highest BCUT2D eigenvalue weighted by Gasteiger charge is 2.21. The summed E-state index contributed by atoms with van der Waals surface area (Å²) in [5.41, 5.74) is 1.29. The lowest BCUT2D eigenvalue weighted by atomic mass is 10.2. The number of anilines is 1. The Balaban J connectivity index is 1.78. The summed E-state index contributed by atoms with van der Waals surface area (Å²) in [6, 6.07) is 12.5. The van der Waals surface area contributed by atoms with Crippen molar-refractivity contribution in [2.24, 2.45) is 0 Å². The maximum atomic E-state index is 12.2. The van der Waals surface area contributed by atoms with Crippen LogP contribution < -0.4 is 9.62 Å². The van der Waals surface area contributed by atoms with Crippen LogP contribution in [0.4, 0.5) is 5.69 Å². The molecule has 2 aromatic rings. The predicted molar refractivity (Wildman–Crippen MR) is 122 cm³/mol. The number of nitrogens with zero attached hydrogens (tertiary/aromatic N) is 1. The zero-order valence-corrected chi connectivity index (χ0v) is 19.5. The fraction of sp³-hybridized carbons (Fsp3) is 0.350. The second-order valence-electron chi connectivity index (χ2n) is 6.54. The molecule has 0 aliphatic carbocycles. The fourth-order valence-electron chi connectivity index (χ4n) is 2.67. The van der Waals surface area contributed by atoms with Crippen LogP contribution in [0.15, 0.2) is 42.5 Å². The maximum absolute atomic E-state index is 12.2. The Morgan fingerprint density at radius 2 is 1.73 bits per heavy atom. The van der Waals surface area contributed by atoms with E-state index in [-0.39, 0.29) is 39.6 Å². The highest BCUT2D eigenvalue weighted by atomic mass is 35.5. The number of benzene rings is 2. The molecular weight excluding hydrogens is 471 g/mol. The summed E-state index contributed by atoms with van der Waals surface area (Å²) in [4.78, 5) is 12.0. The second-order valence-corrected chi connectivity index (χ2v) is 9.67. The number of hydrogen-bond donors (Lipinski definition) is 1. The summed E-state index contributed by atoms with van der Waals surface area (Å²) in [5, 5.41) is 3.34. The molecule has 0 spiro atoms. The summed E-state index contributed by atoms with van der Waals surface area (Å²) in [6.45, 7) is 1.31. The van der Waals surface area contributed by atoms with Gasteiger partial charge in [-0.3, -0.25) is 9.10 Å². The van der Waals surface area contributed by atoms with Gasteiger partial charge < -0.3 is 10.1 Å². The lowest BCUT2D eigenvalue weighted by molar-refractivity contribution is -0.121. The smallest absolute Gasteiger partial charge is 0.232 e. The molecule has 0 saturated heterocycles. The van der Waals surface area contributed by atoms with Crippen LogP contribution in [-0.2, 0) is 26.2 Å². The number of carbonyl (C=O) groups excluding carboxylic acids is 1. The van der Waals surface area contributed by atoms with Crippen molar-refractivity contribution in [3.8, 4) is 0 Å². The summed E-state index contributed by atoms with van der Waals surface area (Å²) in [6.07, 6.45) is 1.53. The molecule has 0 unspecified atom stereocenters. The van der Waals surface area contributed by atoms with Crippen LogP contribution in [0.1, 0.15) is 18.4 Å².